The maximum Gasteiger partial charge on any atom is 0.408 e. The molecule has 120 valence electrons. The second kappa shape index (κ2) is 6.29. The largest absolute Gasteiger partial charge is 0.486 e. The van der Waals surface area contributed by atoms with Crippen molar-refractivity contribution in [3.63, 3.8) is 0 Å². The van der Waals surface area contributed by atoms with Crippen molar-refractivity contribution in [3.05, 3.63) is 36.4 Å². The number of carbonyl (C=O) groups is 1. The number of benzene rings is 1. The van der Waals surface area contributed by atoms with Crippen molar-refractivity contribution in [2.45, 2.75) is 25.7 Å². The van der Waals surface area contributed by atoms with Crippen LogP contribution in [0, 0.1) is 0 Å². The van der Waals surface area contributed by atoms with Crippen LogP contribution in [0.5, 0.6) is 11.5 Å². The molecule has 22 heavy (non-hydrogen) atoms. The SMILES string of the molecule is C=CC(=O)N(Cc1cccc2c1OCCO2)[C@H](C)C(F)(F)F. The molecular weight excluding hydrogens is 299 g/mol. The van der Waals surface area contributed by atoms with Gasteiger partial charge in [-0.2, -0.15) is 13.2 Å². The van der Waals surface area contributed by atoms with Crippen LogP contribution in [0.1, 0.15) is 12.5 Å². The van der Waals surface area contributed by atoms with E-state index in [0.717, 1.165) is 13.0 Å². The summed E-state index contributed by atoms with van der Waals surface area (Å²) in [4.78, 5) is 12.5. The number of alkyl halides is 3. The van der Waals surface area contributed by atoms with Crippen LogP contribution in [0.4, 0.5) is 13.2 Å². The third-order valence-corrected chi connectivity index (χ3v) is 3.39. The minimum Gasteiger partial charge on any atom is -0.486 e. The van der Waals surface area contributed by atoms with E-state index >= 15 is 0 Å². The molecule has 1 aliphatic rings. The van der Waals surface area contributed by atoms with Gasteiger partial charge in [0.2, 0.25) is 5.91 Å². The third-order valence-electron chi connectivity index (χ3n) is 3.39. The Hall–Kier alpha value is -2.18. The number of hydrogen-bond acceptors (Lipinski definition) is 3. The van der Waals surface area contributed by atoms with Gasteiger partial charge in [-0.05, 0) is 19.1 Å². The Bertz CT molecular complexity index is 572. The van der Waals surface area contributed by atoms with Crippen molar-refractivity contribution >= 4 is 5.91 Å². The Kier molecular flexibility index (Phi) is 4.63. The Morgan fingerprint density at radius 2 is 2.09 bits per heavy atom. The molecule has 1 heterocycles. The molecule has 0 fully saturated rings. The summed E-state index contributed by atoms with van der Waals surface area (Å²) < 4.78 is 49.7. The van der Waals surface area contributed by atoms with Crippen molar-refractivity contribution in [2.24, 2.45) is 0 Å². The number of nitrogens with zero attached hydrogens (tertiary/aromatic N) is 1. The molecule has 4 nitrogen and oxygen atoms in total. The molecule has 0 spiro atoms. The molecule has 2 rings (SSSR count). The number of rotatable bonds is 4. The fourth-order valence-corrected chi connectivity index (χ4v) is 2.14. The average Bonchev–Trinajstić information content (AvgIpc) is 2.50. The summed E-state index contributed by atoms with van der Waals surface area (Å²) in [6.45, 7) is 4.65. The van der Waals surface area contributed by atoms with Gasteiger partial charge in [-0.3, -0.25) is 4.79 Å². The molecule has 1 amide bonds. The Morgan fingerprint density at radius 1 is 1.41 bits per heavy atom. The van der Waals surface area contributed by atoms with Crippen LogP contribution in [0.2, 0.25) is 0 Å². The summed E-state index contributed by atoms with van der Waals surface area (Å²) in [6.07, 6.45) is -3.65. The summed E-state index contributed by atoms with van der Waals surface area (Å²) >= 11 is 0. The predicted molar refractivity (Wildman–Crippen MR) is 73.7 cm³/mol. The van der Waals surface area contributed by atoms with Crippen LogP contribution >= 0.6 is 0 Å². The van der Waals surface area contributed by atoms with Crippen LogP contribution in [0.3, 0.4) is 0 Å². The molecule has 1 aromatic rings. The topological polar surface area (TPSA) is 38.8 Å². The Labute approximate surface area is 126 Å². The molecule has 1 aliphatic heterocycles. The van der Waals surface area contributed by atoms with Gasteiger partial charge in [0, 0.05) is 5.56 Å². The number of fused-ring (bicyclic) bond motifs is 1. The molecule has 0 saturated carbocycles. The standard InChI is InChI=1S/C15H16F3NO3/c1-3-13(20)19(10(2)15(16,17)18)9-11-5-4-6-12-14(11)22-8-7-21-12/h3-6,10H,1,7-9H2,2H3/t10-/m1/s1. The molecule has 0 saturated heterocycles. The molecule has 0 aromatic heterocycles. The summed E-state index contributed by atoms with van der Waals surface area (Å²) in [6, 6.07) is 3.00. The molecule has 0 bridgehead atoms. The van der Waals surface area contributed by atoms with Crippen LogP contribution in [0.15, 0.2) is 30.9 Å². The molecular formula is C15H16F3NO3. The van der Waals surface area contributed by atoms with Gasteiger partial charge in [0.15, 0.2) is 11.5 Å². The highest BCUT2D eigenvalue weighted by molar-refractivity contribution is 5.87. The second-order valence-electron chi connectivity index (χ2n) is 4.83. The van der Waals surface area contributed by atoms with Gasteiger partial charge in [0.25, 0.3) is 0 Å². The highest BCUT2D eigenvalue weighted by Crippen LogP contribution is 2.35. The number of ether oxygens (including phenoxy) is 2. The minimum absolute atomic E-state index is 0.238. The first-order chi connectivity index (χ1) is 10.3. The number of amides is 1. The lowest BCUT2D eigenvalue weighted by molar-refractivity contribution is -0.185. The van der Waals surface area contributed by atoms with Gasteiger partial charge in [-0.1, -0.05) is 18.7 Å². The van der Waals surface area contributed by atoms with Crippen molar-refractivity contribution in [2.75, 3.05) is 13.2 Å². The lowest BCUT2D eigenvalue weighted by Crippen LogP contribution is -2.46. The number of para-hydroxylation sites is 1. The van der Waals surface area contributed by atoms with Gasteiger partial charge >= 0.3 is 6.18 Å². The fraction of sp³-hybridized carbons (Fsp3) is 0.400. The van der Waals surface area contributed by atoms with Crippen LogP contribution in [-0.4, -0.2) is 36.2 Å². The Balaban J connectivity index is 2.32. The molecule has 7 heteroatoms. The van der Waals surface area contributed by atoms with Gasteiger partial charge in [-0.15, -0.1) is 0 Å². The number of carbonyl (C=O) groups excluding carboxylic acids is 1. The molecule has 1 atom stereocenters. The van der Waals surface area contributed by atoms with Gasteiger partial charge in [0.05, 0.1) is 6.54 Å². The lowest BCUT2D eigenvalue weighted by Gasteiger charge is -2.31. The van der Waals surface area contributed by atoms with E-state index in [2.05, 4.69) is 6.58 Å². The predicted octanol–water partition coefficient (Wildman–Crippen LogP) is 2.92. The monoisotopic (exact) mass is 315 g/mol. The minimum atomic E-state index is -4.52. The highest BCUT2D eigenvalue weighted by atomic mass is 19.4. The fourth-order valence-electron chi connectivity index (χ4n) is 2.14. The second-order valence-corrected chi connectivity index (χ2v) is 4.83. The maximum atomic E-state index is 13.0. The van der Waals surface area contributed by atoms with Gasteiger partial charge in [-0.25, -0.2) is 0 Å². The van der Waals surface area contributed by atoms with E-state index in [9.17, 15) is 18.0 Å². The summed E-state index contributed by atoms with van der Waals surface area (Å²) in [5.74, 6) is 0.0542. The van der Waals surface area contributed by atoms with Crippen LogP contribution in [-0.2, 0) is 11.3 Å². The van der Waals surface area contributed by atoms with E-state index in [1.165, 1.54) is 0 Å². The van der Waals surface area contributed by atoms with Crippen molar-refractivity contribution in [1.82, 2.24) is 4.90 Å². The lowest BCUT2D eigenvalue weighted by atomic mass is 10.1. The van der Waals surface area contributed by atoms with Gasteiger partial charge in [0.1, 0.15) is 19.3 Å². The molecule has 0 unspecified atom stereocenters. The Morgan fingerprint density at radius 3 is 2.73 bits per heavy atom. The molecule has 1 aromatic carbocycles. The highest BCUT2D eigenvalue weighted by Gasteiger charge is 2.41. The third kappa shape index (κ3) is 3.35. The van der Waals surface area contributed by atoms with Crippen molar-refractivity contribution in [1.29, 1.82) is 0 Å². The van der Waals surface area contributed by atoms with E-state index in [-0.39, 0.29) is 6.54 Å². The zero-order chi connectivity index (χ0) is 16.3. The first kappa shape index (κ1) is 16.2. The quantitative estimate of drug-likeness (QED) is 0.802. The van der Waals surface area contributed by atoms with E-state index < -0.39 is 18.1 Å². The zero-order valence-electron chi connectivity index (χ0n) is 12.0. The van der Waals surface area contributed by atoms with Crippen LogP contribution in [0.25, 0.3) is 0 Å². The molecule has 0 N–H and O–H groups in total. The van der Waals surface area contributed by atoms with Gasteiger partial charge < -0.3 is 14.4 Å². The molecule has 0 aliphatic carbocycles. The van der Waals surface area contributed by atoms with Crippen LogP contribution < -0.4 is 9.47 Å². The van der Waals surface area contributed by atoms with Crippen molar-refractivity contribution < 1.29 is 27.4 Å². The maximum absolute atomic E-state index is 13.0. The first-order valence-electron chi connectivity index (χ1n) is 6.72. The normalized spacial score (nSPS) is 15.1. The van der Waals surface area contributed by atoms with Crippen molar-refractivity contribution in [3.8, 4) is 11.5 Å². The summed E-state index contributed by atoms with van der Waals surface area (Å²) in [7, 11) is 0. The zero-order valence-corrected chi connectivity index (χ0v) is 12.0. The number of halogens is 3. The van der Waals surface area contributed by atoms with E-state index in [4.69, 9.17) is 9.47 Å². The summed E-state index contributed by atoms with van der Waals surface area (Å²) in [5.41, 5.74) is 0.462. The molecule has 0 radical (unpaired) electrons. The first-order valence-corrected chi connectivity index (χ1v) is 6.72. The number of hydrogen-bond donors (Lipinski definition) is 0. The van der Waals surface area contributed by atoms with E-state index in [0.29, 0.717) is 35.2 Å². The van der Waals surface area contributed by atoms with E-state index in [1.54, 1.807) is 18.2 Å². The van der Waals surface area contributed by atoms with E-state index in [1.807, 2.05) is 0 Å². The summed E-state index contributed by atoms with van der Waals surface area (Å²) in [5, 5.41) is 0. The smallest absolute Gasteiger partial charge is 0.408 e. The average molecular weight is 315 g/mol.